The molecule has 1 atom stereocenters. The smallest absolute Gasteiger partial charge is 0.226 e. The van der Waals surface area contributed by atoms with Crippen LogP contribution in [0.4, 0.5) is 0 Å². The van der Waals surface area contributed by atoms with Crippen molar-refractivity contribution >= 4 is 15.7 Å². The lowest BCUT2D eigenvalue weighted by molar-refractivity contribution is -0.140. The Morgan fingerprint density at radius 2 is 1.71 bits per heavy atom. The van der Waals surface area contributed by atoms with E-state index in [0.29, 0.717) is 12.5 Å². The first kappa shape index (κ1) is 11.5. The van der Waals surface area contributed by atoms with Crippen LogP contribution in [0, 0.1) is 5.92 Å². The predicted molar refractivity (Wildman–Crippen MR) is 64.3 cm³/mol. The summed E-state index contributed by atoms with van der Waals surface area (Å²) in [5.41, 5.74) is 0. The second-order valence-electron chi connectivity index (χ2n) is 5.66. The maximum Gasteiger partial charge on any atom is 0.226 e. The molecule has 1 heterocycles. The van der Waals surface area contributed by atoms with Gasteiger partial charge in [-0.25, -0.2) is 8.42 Å². The molecule has 1 aliphatic heterocycles. The van der Waals surface area contributed by atoms with E-state index in [2.05, 4.69) is 0 Å². The van der Waals surface area contributed by atoms with Gasteiger partial charge in [0.2, 0.25) is 5.91 Å². The fourth-order valence-electron chi connectivity index (χ4n) is 2.87. The molecule has 0 bridgehead atoms. The van der Waals surface area contributed by atoms with Crippen LogP contribution in [0.1, 0.15) is 38.5 Å². The average molecular weight is 257 g/mol. The number of hydrogen-bond acceptors (Lipinski definition) is 3. The Labute approximate surface area is 102 Å². The van der Waals surface area contributed by atoms with E-state index in [1.807, 2.05) is 4.90 Å². The third kappa shape index (κ3) is 2.21. The summed E-state index contributed by atoms with van der Waals surface area (Å²) >= 11 is 0. The molecule has 0 spiro atoms. The number of rotatable bonds is 3. The van der Waals surface area contributed by atoms with Gasteiger partial charge in [-0.1, -0.05) is 6.42 Å². The lowest BCUT2D eigenvalue weighted by Gasteiger charge is -2.35. The van der Waals surface area contributed by atoms with Crippen molar-refractivity contribution in [3.05, 3.63) is 0 Å². The summed E-state index contributed by atoms with van der Waals surface area (Å²) < 4.78 is 23.1. The molecular formula is C12H19NO3S. The van der Waals surface area contributed by atoms with Crippen molar-refractivity contribution in [2.75, 3.05) is 11.5 Å². The van der Waals surface area contributed by atoms with Gasteiger partial charge >= 0.3 is 0 Å². The molecule has 2 saturated carbocycles. The van der Waals surface area contributed by atoms with E-state index in [0.717, 1.165) is 32.1 Å². The first-order chi connectivity index (χ1) is 8.07. The van der Waals surface area contributed by atoms with Crippen LogP contribution in [0.15, 0.2) is 0 Å². The van der Waals surface area contributed by atoms with Crippen LogP contribution in [0.25, 0.3) is 0 Å². The summed E-state index contributed by atoms with van der Waals surface area (Å²) in [7, 11) is -2.89. The van der Waals surface area contributed by atoms with Gasteiger partial charge in [0.25, 0.3) is 0 Å². The Morgan fingerprint density at radius 3 is 2.12 bits per heavy atom. The normalized spacial score (nSPS) is 32.1. The van der Waals surface area contributed by atoms with E-state index >= 15 is 0 Å². The Hall–Kier alpha value is -0.580. The summed E-state index contributed by atoms with van der Waals surface area (Å²) in [6.45, 7) is 0. The fourth-order valence-corrected chi connectivity index (χ4v) is 4.58. The van der Waals surface area contributed by atoms with Crippen LogP contribution in [0.3, 0.4) is 0 Å². The van der Waals surface area contributed by atoms with Gasteiger partial charge in [0.1, 0.15) is 0 Å². The highest BCUT2D eigenvalue weighted by atomic mass is 32.2. The summed E-state index contributed by atoms with van der Waals surface area (Å²) in [6.07, 6.45) is 5.93. The van der Waals surface area contributed by atoms with Gasteiger partial charge in [0.15, 0.2) is 9.84 Å². The SMILES string of the molecule is O=C(C1CCC1)N(C1CC1)[C@H]1CCS(=O)(=O)C1. The monoisotopic (exact) mass is 257 g/mol. The van der Waals surface area contributed by atoms with Gasteiger partial charge < -0.3 is 4.90 Å². The van der Waals surface area contributed by atoms with Crippen LogP contribution in [-0.2, 0) is 14.6 Å². The minimum absolute atomic E-state index is 0.0272. The molecule has 96 valence electrons. The van der Waals surface area contributed by atoms with Crippen molar-refractivity contribution in [3.63, 3.8) is 0 Å². The highest BCUT2D eigenvalue weighted by Gasteiger charge is 2.44. The van der Waals surface area contributed by atoms with Crippen molar-refractivity contribution < 1.29 is 13.2 Å². The molecule has 5 heteroatoms. The molecular weight excluding hydrogens is 238 g/mol. The third-order valence-corrected chi connectivity index (χ3v) is 6.00. The Morgan fingerprint density at radius 1 is 1.00 bits per heavy atom. The van der Waals surface area contributed by atoms with E-state index in [1.165, 1.54) is 0 Å². The molecule has 0 aromatic heterocycles. The number of carbonyl (C=O) groups excluding carboxylic acids is 1. The van der Waals surface area contributed by atoms with E-state index in [1.54, 1.807) is 0 Å². The van der Waals surface area contributed by atoms with Gasteiger partial charge in [0, 0.05) is 18.0 Å². The highest BCUT2D eigenvalue weighted by molar-refractivity contribution is 7.91. The van der Waals surface area contributed by atoms with Crippen LogP contribution in [0.5, 0.6) is 0 Å². The molecule has 0 aromatic carbocycles. The topological polar surface area (TPSA) is 54.5 Å². The van der Waals surface area contributed by atoms with Crippen LogP contribution >= 0.6 is 0 Å². The second-order valence-corrected chi connectivity index (χ2v) is 7.89. The molecule has 2 aliphatic carbocycles. The van der Waals surface area contributed by atoms with Crippen LogP contribution in [-0.4, -0.2) is 42.8 Å². The lowest BCUT2D eigenvalue weighted by Crippen LogP contribution is -2.47. The zero-order chi connectivity index (χ0) is 12.0. The standard InChI is InChI=1S/C12H19NO3S/c14-12(9-2-1-3-9)13(10-4-5-10)11-6-7-17(15,16)8-11/h9-11H,1-8H2/t11-/m0/s1. The molecule has 0 radical (unpaired) electrons. The summed E-state index contributed by atoms with van der Waals surface area (Å²) in [5.74, 6) is 0.889. The zero-order valence-electron chi connectivity index (χ0n) is 9.97. The molecule has 0 N–H and O–H groups in total. The zero-order valence-corrected chi connectivity index (χ0v) is 10.8. The highest BCUT2D eigenvalue weighted by Crippen LogP contribution is 2.37. The number of sulfone groups is 1. The van der Waals surface area contributed by atoms with Crippen molar-refractivity contribution in [3.8, 4) is 0 Å². The van der Waals surface area contributed by atoms with Crippen molar-refractivity contribution in [1.82, 2.24) is 4.90 Å². The molecule has 3 rings (SSSR count). The second kappa shape index (κ2) is 3.97. The number of amides is 1. The van der Waals surface area contributed by atoms with E-state index in [4.69, 9.17) is 0 Å². The molecule has 3 fully saturated rings. The van der Waals surface area contributed by atoms with Gasteiger partial charge in [0.05, 0.1) is 11.5 Å². The Balaban J connectivity index is 1.74. The Kier molecular flexibility index (Phi) is 2.69. The van der Waals surface area contributed by atoms with Gasteiger partial charge in [-0.2, -0.15) is 0 Å². The van der Waals surface area contributed by atoms with Crippen molar-refractivity contribution in [2.24, 2.45) is 5.92 Å². The first-order valence-electron chi connectivity index (χ1n) is 6.59. The summed E-state index contributed by atoms with van der Waals surface area (Å²) in [5, 5.41) is 0. The van der Waals surface area contributed by atoms with Gasteiger partial charge in [-0.3, -0.25) is 4.79 Å². The minimum atomic E-state index is -2.89. The quantitative estimate of drug-likeness (QED) is 0.757. The maximum atomic E-state index is 12.3. The maximum absolute atomic E-state index is 12.3. The molecule has 1 saturated heterocycles. The molecule has 0 aromatic rings. The van der Waals surface area contributed by atoms with Gasteiger partial charge in [-0.15, -0.1) is 0 Å². The van der Waals surface area contributed by atoms with Crippen molar-refractivity contribution in [1.29, 1.82) is 0 Å². The third-order valence-electron chi connectivity index (χ3n) is 4.25. The van der Waals surface area contributed by atoms with Crippen LogP contribution in [0.2, 0.25) is 0 Å². The van der Waals surface area contributed by atoms with Crippen molar-refractivity contribution in [2.45, 2.75) is 50.6 Å². The first-order valence-corrected chi connectivity index (χ1v) is 8.41. The van der Waals surface area contributed by atoms with E-state index in [9.17, 15) is 13.2 Å². The number of hydrogen-bond donors (Lipinski definition) is 0. The van der Waals surface area contributed by atoms with E-state index < -0.39 is 9.84 Å². The summed E-state index contributed by atoms with van der Waals surface area (Å²) in [4.78, 5) is 14.3. The van der Waals surface area contributed by atoms with Gasteiger partial charge in [-0.05, 0) is 32.1 Å². The van der Waals surface area contributed by atoms with E-state index in [-0.39, 0.29) is 29.4 Å². The lowest BCUT2D eigenvalue weighted by atomic mass is 9.84. The number of carbonyl (C=O) groups is 1. The molecule has 0 unspecified atom stereocenters. The van der Waals surface area contributed by atoms with Crippen LogP contribution < -0.4 is 0 Å². The minimum Gasteiger partial charge on any atom is -0.335 e. The average Bonchev–Trinajstić information content (AvgIpc) is 2.89. The number of nitrogens with zero attached hydrogens (tertiary/aromatic N) is 1. The fraction of sp³-hybridized carbons (Fsp3) is 0.917. The predicted octanol–water partition coefficient (Wildman–Crippen LogP) is 0.965. The molecule has 3 aliphatic rings. The largest absolute Gasteiger partial charge is 0.335 e. The molecule has 4 nitrogen and oxygen atoms in total. The Bertz CT molecular complexity index is 423. The molecule has 17 heavy (non-hydrogen) atoms. The molecule has 1 amide bonds. The summed E-state index contributed by atoms with van der Waals surface area (Å²) in [6, 6.07) is 0.321.